The second-order valence-corrected chi connectivity index (χ2v) is 6.97. The normalized spacial score (nSPS) is 19.7. The van der Waals surface area contributed by atoms with Crippen molar-refractivity contribution in [2.24, 2.45) is 0 Å². The van der Waals surface area contributed by atoms with Crippen LogP contribution in [0, 0.1) is 0 Å². The number of hydrazine groups is 1. The molecule has 1 fully saturated rings. The van der Waals surface area contributed by atoms with Crippen molar-refractivity contribution in [2.75, 3.05) is 47.1 Å². The topological polar surface area (TPSA) is 80.3 Å². The highest BCUT2D eigenvalue weighted by molar-refractivity contribution is 5.89. The monoisotopic (exact) mass is 391 g/mol. The summed E-state index contributed by atoms with van der Waals surface area (Å²) in [4.78, 5) is 27.7. The van der Waals surface area contributed by atoms with Crippen LogP contribution in [0.15, 0.2) is 12.1 Å². The van der Waals surface area contributed by atoms with Crippen molar-refractivity contribution in [3.8, 4) is 11.5 Å². The zero-order chi connectivity index (χ0) is 20.1. The Labute approximate surface area is 165 Å². The van der Waals surface area contributed by atoms with E-state index >= 15 is 0 Å². The first-order valence-corrected chi connectivity index (χ1v) is 9.76. The third kappa shape index (κ3) is 4.23. The van der Waals surface area contributed by atoms with Gasteiger partial charge in [0.15, 0.2) is 11.5 Å². The molecule has 28 heavy (non-hydrogen) atoms. The lowest BCUT2D eigenvalue weighted by atomic mass is 9.91. The molecule has 0 spiro atoms. The van der Waals surface area contributed by atoms with E-state index in [1.807, 2.05) is 24.1 Å². The van der Waals surface area contributed by atoms with Gasteiger partial charge in [-0.25, -0.2) is 5.01 Å². The number of rotatable bonds is 6. The van der Waals surface area contributed by atoms with Crippen LogP contribution in [-0.4, -0.2) is 68.8 Å². The van der Waals surface area contributed by atoms with Gasteiger partial charge >= 0.3 is 0 Å². The molecule has 1 unspecified atom stereocenters. The number of carbonyl (C=O) groups excluding carboxylic acids is 2. The summed E-state index contributed by atoms with van der Waals surface area (Å²) in [6, 6.07) is 3.04. The minimum Gasteiger partial charge on any atom is -0.493 e. The van der Waals surface area contributed by atoms with E-state index < -0.39 is 6.04 Å². The SMILES string of the molecule is CCCC(=O)N1CCc2cc(OC)c(OC)cc2C1C(=O)NN1CCOCC1. The molecule has 0 radical (unpaired) electrons. The van der Waals surface area contributed by atoms with Crippen molar-refractivity contribution in [3.63, 3.8) is 0 Å². The predicted molar refractivity (Wildman–Crippen MR) is 103 cm³/mol. The molecule has 2 heterocycles. The predicted octanol–water partition coefficient (Wildman–Crippen LogP) is 1.29. The first-order chi connectivity index (χ1) is 13.6. The number of fused-ring (bicyclic) bond motifs is 1. The Kier molecular flexibility index (Phi) is 6.74. The average molecular weight is 391 g/mol. The van der Waals surface area contributed by atoms with Crippen molar-refractivity contribution in [1.29, 1.82) is 0 Å². The van der Waals surface area contributed by atoms with Crippen molar-refractivity contribution >= 4 is 11.8 Å². The number of hydrogen-bond donors (Lipinski definition) is 1. The minimum atomic E-state index is -0.689. The summed E-state index contributed by atoms with van der Waals surface area (Å²) < 4.78 is 16.2. The Morgan fingerprint density at radius 3 is 2.46 bits per heavy atom. The minimum absolute atomic E-state index is 0.00920. The summed E-state index contributed by atoms with van der Waals surface area (Å²) in [5, 5.41) is 1.85. The molecular formula is C20H29N3O5. The van der Waals surface area contributed by atoms with Crippen LogP contribution in [0.3, 0.4) is 0 Å². The third-order valence-electron chi connectivity index (χ3n) is 5.19. The van der Waals surface area contributed by atoms with E-state index in [2.05, 4.69) is 5.43 Å². The molecular weight excluding hydrogens is 362 g/mol. The molecule has 0 aliphatic carbocycles. The van der Waals surface area contributed by atoms with Crippen molar-refractivity contribution in [3.05, 3.63) is 23.3 Å². The van der Waals surface area contributed by atoms with Crippen molar-refractivity contribution in [1.82, 2.24) is 15.3 Å². The fourth-order valence-electron chi connectivity index (χ4n) is 3.75. The van der Waals surface area contributed by atoms with E-state index in [9.17, 15) is 9.59 Å². The van der Waals surface area contributed by atoms with Crippen LogP contribution in [0.25, 0.3) is 0 Å². The Balaban J connectivity index is 1.95. The summed E-state index contributed by atoms with van der Waals surface area (Å²) in [6.07, 6.45) is 1.84. The molecule has 1 N–H and O–H groups in total. The van der Waals surface area contributed by atoms with Crippen LogP contribution < -0.4 is 14.9 Å². The molecule has 0 saturated carbocycles. The molecule has 2 aliphatic heterocycles. The summed E-state index contributed by atoms with van der Waals surface area (Å²) in [5.74, 6) is 0.960. The maximum absolute atomic E-state index is 13.2. The van der Waals surface area contributed by atoms with Gasteiger partial charge in [0.25, 0.3) is 5.91 Å². The van der Waals surface area contributed by atoms with Gasteiger partial charge in [0.05, 0.1) is 27.4 Å². The van der Waals surface area contributed by atoms with Crippen LogP contribution in [-0.2, 0) is 20.7 Å². The van der Waals surface area contributed by atoms with Gasteiger partial charge in [0.1, 0.15) is 6.04 Å². The number of benzene rings is 1. The number of hydrogen-bond acceptors (Lipinski definition) is 6. The quantitative estimate of drug-likeness (QED) is 0.787. The average Bonchev–Trinajstić information content (AvgIpc) is 2.72. The summed E-state index contributed by atoms with van der Waals surface area (Å²) in [6.45, 7) is 4.87. The van der Waals surface area contributed by atoms with Crippen molar-refractivity contribution < 1.29 is 23.8 Å². The number of nitrogens with zero attached hydrogens (tertiary/aromatic N) is 2. The van der Waals surface area contributed by atoms with Crippen LogP contribution >= 0.6 is 0 Å². The summed E-state index contributed by atoms with van der Waals surface area (Å²) in [5.41, 5.74) is 4.76. The first kappa shape index (κ1) is 20.4. The second-order valence-electron chi connectivity index (χ2n) is 6.97. The van der Waals surface area contributed by atoms with E-state index in [1.165, 1.54) is 0 Å². The zero-order valence-electron chi connectivity index (χ0n) is 16.8. The number of nitrogens with one attached hydrogen (secondary N) is 1. The number of ether oxygens (including phenoxy) is 3. The van der Waals surface area contributed by atoms with E-state index in [0.29, 0.717) is 57.2 Å². The number of amides is 2. The lowest BCUT2D eigenvalue weighted by Crippen LogP contribution is -2.54. The molecule has 8 heteroatoms. The maximum Gasteiger partial charge on any atom is 0.261 e. The van der Waals surface area contributed by atoms with E-state index in [-0.39, 0.29) is 11.8 Å². The number of carbonyl (C=O) groups is 2. The fourth-order valence-corrected chi connectivity index (χ4v) is 3.75. The highest BCUT2D eigenvalue weighted by Gasteiger charge is 2.37. The Hall–Kier alpha value is -2.32. The number of morpholine rings is 1. The maximum atomic E-state index is 13.2. The van der Waals surface area contributed by atoms with Gasteiger partial charge in [-0.1, -0.05) is 6.92 Å². The summed E-state index contributed by atoms with van der Waals surface area (Å²) in [7, 11) is 3.16. The largest absolute Gasteiger partial charge is 0.493 e. The number of methoxy groups -OCH3 is 2. The molecule has 1 saturated heterocycles. The van der Waals surface area contributed by atoms with Gasteiger partial charge in [0.2, 0.25) is 5.91 Å². The Bertz CT molecular complexity index is 718. The van der Waals surface area contributed by atoms with Gasteiger partial charge in [0, 0.05) is 26.1 Å². The first-order valence-electron chi connectivity index (χ1n) is 9.76. The van der Waals surface area contributed by atoms with Crippen LogP contribution in [0.4, 0.5) is 0 Å². The van der Waals surface area contributed by atoms with Gasteiger partial charge in [-0.2, -0.15) is 0 Å². The highest BCUT2D eigenvalue weighted by Crippen LogP contribution is 2.38. The smallest absolute Gasteiger partial charge is 0.261 e. The van der Waals surface area contributed by atoms with Crippen LogP contribution in [0.2, 0.25) is 0 Å². The van der Waals surface area contributed by atoms with E-state index in [4.69, 9.17) is 14.2 Å². The third-order valence-corrected chi connectivity index (χ3v) is 5.19. The van der Waals surface area contributed by atoms with Gasteiger partial charge in [-0.15, -0.1) is 0 Å². The van der Waals surface area contributed by atoms with E-state index in [0.717, 1.165) is 17.5 Å². The molecule has 154 valence electrons. The van der Waals surface area contributed by atoms with Gasteiger partial charge in [-0.05, 0) is 36.1 Å². The van der Waals surface area contributed by atoms with Crippen molar-refractivity contribution in [2.45, 2.75) is 32.2 Å². The standard InChI is InChI=1S/C20H29N3O5/c1-4-5-18(24)23-7-6-14-12-16(26-2)17(27-3)13-15(14)19(23)20(25)21-22-8-10-28-11-9-22/h12-13,19H,4-11H2,1-3H3,(H,21,25). The lowest BCUT2D eigenvalue weighted by molar-refractivity contribution is -0.144. The molecule has 2 amide bonds. The second kappa shape index (κ2) is 9.25. The fraction of sp³-hybridized carbons (Fsp3) is 0.600. The molecule has 0 bridgehead atoms. The summed E-state index contributed by atoms with van der Waals surface area (Å²) >= 11 is 0. The van der Waals surface area contributed by atoms with Crippen LogP contribution in [0.1, 0.15) is 36.9 Å². The van der Waals surface area contributed by atoms with Gasteiger partial charge in [-0.3, -0.25) is 15.0 Å². The van der Waals surface area contributed by atoms with Gasteiger partial charge < -0.3 is 19.1 Å². The highest BCUT2D eigenvalue weighted by atomic mass is 16.5. The molecule has 1 atom stereocenters. The molecule has 1 aromatic rings. The Morgan fingerprint density at radius 2 is 1.82 bits per heavy atom. The molecule has 2 aliphatic rings. The van der Waals surface area contributed by atoms with Crippen LogP contribution in [0.5, 0.6) is 11.5 Å². The molecule has 8 nitrogen and oxygen atoms in total. The molecule has 3 rings (SSSR count). The zero-order valence-corrected chi connectivity index (χ0v) is 16.8. The molecule has 0 aromatic heterocycles. The van der Waals surface area contributed by atoms with E-state index in [1.54, 1.807) is 19.1 Å². The Morgan fingerprint density at radius 1 is 1.14 bits per heavy atom. The molecule has 1 aromatic carbocycles. The lowest BCUT2D eigenvalue weighted by Gasteiger charge is -2.38.